The van der Waals surface area contributed by atoms with Crippen molar-refractivity contribution in [3.63, 3.8) is 0 Å². The first kappa shape index (κ1) is 13.1. The highest BCUT2D eigenvalue weighted by molar-refractivity contribution is 9.10. The van der Waals surface area contributed by atoms with E-state index in [-0.39, 0.29) is 6.61 Å². The number of aliphatic hydroxyl groups is 1. The van der Waals surface area contributed by atoms with E-state index >= 15 is 0 Å². The molecule has 2 nitrogen and oxygen atoms in total. The Kier molecular flexibility index (Phi) is 4.79. The van der Waals surface area contributed by atoms with Crippen LogP contribution < -0.4 is 5.32 Å². The third kappa shape index (κ3) is 3.59. The molecule has 2 aromatic rings. The van der Waals surface area contributed by atoms with Crippen LogP contribution in [0.3, 0.4) is 0 Å². The average Bonchev–Trinajstić information content (AvgIpc) is 2.40. The fourth-order valence-electron chi connectivity index (χ4n) is 1.76. The second-order valence-corrected chi connectivity index (χ2v) is 4.97. The molecule has 0 aliphatic rings. The van der Waals surface area contributed by atoms with Crippen molar-refractivity contribution in [3.8, 4) is 0 Å². The quantitative estimate of drug-likeness (QED) is 0.884. The summed E-state index contributed by atoms with van der Waals surface area (Å²) in [4.78, 5) is 0. The van der Waals surface area contributed by atoms with Gasteiger partial charge in [-0.1, -0.05) is 46.3 Å². The summed E-state index contributed by atoms with van der Waals surface area (Å²) < 4.78 is 1.12. The standard InChI is InChI=1S/C15H16BrNO/c16-15-4-2-1-3-13(15)11-17-14-7-5-12(6-8-14)9-10-18/h1-8,17-18H,9-11H2. The molecule has 0 spiro atoms. The van der Waals surface area contributed by atoms with Gasteiger partial charge in [-0.3, -0.25) is 0 Å². The van der Waals surface area contributed by atoms with Crippen molar-refractivity contribution >= 4 is 21.6 Å². The van der Waals surface area contributed by atoms with Crippen molar-refractivity contribution in [2.24, 2.45) is 0 Å². The molecule has 2 N–H and O–H groups in total. The maximum Gasteiger partial charge on any atom is 0.0471 e. The van der Waals surface area contributed by atoms with Gasteiger partial charge in [-0.15, -0.1) is 0 Å². The van der Waals surface area contributed by atoms with E-state index in [9.17, 15) is 0 Å². The highest BCUT2D eigenvalue weighted by Crippen LogP contribution is 2.18. The van der Waals surface area contributed by atoms with E-state index in [0.29, 0.717) is 6.42 Å². The molecule has 3 heteroatoms. The van der Waals surface area contributed by atoms with Crippen LogP contribution in [-0.2, 0) is 13.0 Å². The molecule has 18 heavy (non-hydrogen) atoms. The Morgan fingerprint density at radius 2 is 1.72 bits per heavy atom. The van der Waals surface area contributed by atoms with Gasteiger partial charge in [0.15, 0.2) is 0 Å². The minimum Gasteiger partial charge on any atom is -0.396 e. The lowest BCUT2D eigenvalue weighted by Crippen LogP contribution is -2.00. The Morgan fingerprint density at radius 3 is 2.39 bits per heavy atom. The monoisotopic (exact) mass is 305 g/mol. The highest BCUT2D eigenvalue weighted by Gasteiger charge is 1.98. The second kappa shape index (κ2) is 6.57. The van der Waals surface area contributed by atoms with Gasteiger partial charge in [0.05, 0.1) is 0 Å². The van der Waals surface area contributed by atoms with Crippen molar-refractivity contribution in [1.29, 1.82) is 0 Å². The molecule has 94 valence electrons. The molecule has 0 aliphatic carbocycles. The number of hydrogen-bond acceptors (Lipinski definition) is 2. The van der Waals surface area contributed by atoms with Gasteiger partial charge in [0, 0.05) is 23.3 Å². The summed E-state index contributed by atoms with van der Waals surface area (Å²) in [5.41, 5.74) is 3.48. The molecule has 0 saturated carbocycles. The number of hydrogen-bond donors (Lipinski definition) is 2. The molecule has 2 aromatic carbocycles. The zero-order valence-corrected chi connectivity index (χ0v) is 11.7. The number of aliphatic hydroxyl groups excluding tert-OH is 1. The van der Waals surface area contributed by atoms with E-state index in [1.165, 1.54) is 5.56 Å². The minimum atomic E-state index is 0.198. The fraction of sp³-hybridized carbons (Fsp3) is 0.200. The van der Waals surface area contributed by atoms with E-state index in [1.807, 2.05) is 42.5 Å². The molecule has 0 amide bonds. The Labute approximate surface area is 116 Å². The summed E-state index contributed by atoms with van der Waals surface area (Å²) in [6, 6.07) is 16.4. The Bertz CT molecular complexity index is 496. The summed E-state index contributed by atoms with van der Waals surface area (Å²) in [6.45, 7) is 0.991. The van der Waals surface area contributed by atoms with Crippen molar-refractivity contribution in [2.75, 3.05) is 11.9 Å². The number of anilines is 1. The van der Waals surface area contributed by atoms with Gasteiger partial charge in [0.1, 0.15) is 0 Å². The molecular formula is C15H16BrNO. The summed E-state index contributed by atoms with van der Waals surface area (Å²) in [6.07, 6.45) is 0.713. The molecule has 0 radical (unpaired) electrons. The zero-order chi connectivity index (χ0) is 12.8. The van der Waals surface area contributed by atoms with Gasteiger partial charge in [0.25, 0.3) is 0 Å². The van der Waals surface area contributed by atoms with Crippen LogP contribution in [0.25, 0.3) is 0 Å². The maximum absolute atomic E-state index is 8.85. The summed E-state index contributed by atoms with van der Waals surface area (Å²) in [7, 11) is 0. The van der Waals surface area contributed by atoms with E-state index < -0.39 is 0 Å². The maximum atomic E-state index is 8.85. The van der Waals surface area contributed by atoms with Crippen LogP contribution in [-0.4, -0.2) is 11.7 Å². The van der Waals surface area contributed by atoms with Crippen LogP contribution in [0.4, 0.5) is 5.69 Å². The molecule has 0 fully saturated rings. The van der Waals surface area contributed by atoms with Gasteiger partial charge < -0.3 is 10.4 Å². The third-order valence-corrected chi connectivity index (χ3v) is 3.57. The number of nitrogens with one attached hydrogen (secondary N) is 1. The third-order valence-electron chi connectivity index (χ3n) is 2.80. The predicted molar refractivity (Wildman–Crippen MR) is 78.7 cm³/mol. The summed E-state index contributed by atoms with van der Waals surface area (Å²) in [5.74, 6) is 0. The molecule has 0 aliphatic heterocycles. The zero-order valence-electron chi connectivity index (χ0n) is 10.1. The SMILES string of the molecule is OCCc1ccc(NCc2ccccc2Br)cc1. The molecule has 2 rings (SSSR count). The lowest BCUT2D eigenvalue weighted by molar-refractivity contribution is 0.299. The van der Waals surface area contributed by atoms with E-state index in [1.54, 1.807) is 0 Å². The fourth-order valence-corrected chi connectivity index (χ4v) is 2.18. The van der Waals surface area contributed by atoms with Crippen LogP contribution >= 0.6 is 15.9 Å². The summed E-state index contributed by atoms with van der Waals surface area (Å²) >= 11 is 3.53. The normalized spacial score (nSPS) is 10.3. The molecule has 0 heterocycles. The molecule has 0 unspecified atom stereocenters. The van der Waals surface area contributed by atoms with Crippen molar-refractivity contribution in [2.45, 2.75) is 13.0 Å². The van der Waals surface area contributed by atoms with Crippen LogP contribution in [0.2, 0.25) is 0 Å². The first-order chi connectivity index (χ1) is 8.79. The molecule has 0 bridgehead atoms. The van der Waals surface area contributed by atoms with Crippen LogP contribution in [0.15, 0.2) is 53.0 Å². The van der Waals surface area contributed by atoms with Crippen LogP contribution in [0.1, 0.15) is 11.1 Å². The Balaban J connectivity index is 1.96. The molecule has 0 aromatic heterocycles. The topological polar surface area (TPSA) is 32.3 Å². The summed E-state index contributed by atoms with van der Waals surface area (Å²) in [5, 5.41) is 12.2. The van der Waals surface area contributed by atoms with Gasteiger partial charge in [0.2, 0.25) is 0 Å². The van der Waals surface area contributed by atoms with Gasteiger partial charge >= 0.3 is 0 Å². The van der Waals surface area contributed by atoms with Crippen molar-refractivity contribution in [1.82, 2.24) is 0 Å². The first-order valence-corrected chi connectivity index (χ1v) is 6.76. The average molecular weight is 306 g/mol. The smallest absolute Gasteiger partial charge is 0.0471 e. The van der Waals surface area contributed by atoms with Crippen LogP contribution in [0, 0.1) is 0 Å². The van der Waals surface area contributed by atoms with Gasteiger partial charge in [-0.05, 0) is 35.7 Å². The predicted octanol–water partition coefficient (Wildman–Crippen LogP) is 3.60. The van der Waals surface area contributed by atoms with Crippen molar-refractivity contribution < 1.29 is 5.11 Å². The first-order valence-electron chi connectivity index (χ1n) is 5.96. The lowest BCUT2D eigenvalue weighted by atomic mass is 10.1. The van der Waals surface area contributed by atoms with Gasteiger partial charge in [-0.25, -0.2) is 0 Å². The largest absolute Gasteiger partial charge is 0.396 e. The number of benzene rings is 2. The second-order valence-electron chi connectivity index (χ2n) is 4.12. The van der Waals surface area contributed by atoms with Gasteiger partial charge in [-0.2, -0.15) is 0 Å². The highest BCUT2D eigenvalue weighted by atomic mass is 79.9. The Morgan fingerprint density at radius 1 is 1.00 bits per heavy atom. The molecular weight excluding hydrogens is 290 g/mol. The van der Waals surface area contributed by atoms with E-state index in [4.69, 9.17) is 5.11 Å². The minimum absolute atomic E-state index is 0.198. The lowest BCUT2D eigenvalue weighted by Gasteiger charge is -2.08. The van der Waals surface area contributed by atoms with Crippen molar-refractivity contribution in [3.05, 3.63) is 64.1 Å². The number of rotatable bonds is 5. The Hall–Kier alpha value is -1.32. The molecule has 0 saturated heterocycles. The van der Waals surface area contributed by atoms with Crippen LogP contribution in [0.5, 0.6) is 0 Å². The number of halogens is 1. The molecule has 0 atom stereocenters. The van der Waals surface area contributed by atoms with E-state index in [0.717, 1.165) is 22.3 Å². The van der Waals surface area contributed by atoms with E-state index in [2.05, 4.69) is 27.3 Å².